The molecule has 0 saturated heterocycles. The summed E-state index contributed by atoms with van der Waals surface area (Å²) >= 11 is 0. The van der Waals surface area contributed by atoms with Crippen LogP contribution in [0.2, 0.25) is 0 Å². The average molecular weight is 355 g/mol. The molecule has 0 fully saturated rings. The first kappa shape index (κ1) is 17.0. The van der Waals surface area contributed by atoms with E-state index in [-0.39, 0.29) is 5.91 Å². The summed E-state index contributed by atoms with van der Waals surface area (Å²) in [6, 6.07) is 23.8. The summed E-state index contributed by atoms with van der Waals surface area (Å²) in [5, 5.41) is 2.97. The lowest BCUT2D eigenvalue weighted by molar-refractivity contribution is 0.0954. The first-order valence-corrected chi connectivity index (χ1v) is 9.08. The van der Waals surface area contributed by atoms with Crippen LogP contribution in [0.5, 0.6) is 0 Å². The van der Waals surface area contributed by atoms with Crippen LogP contribution in [0.3, 0.4) is 0 Å². The van der Waals surface area contributed by atoms with Gasteiger partial charge in [0.15, 0.2) is 0 Å². The van der Waals surface area contributed by atoms with Gasteiger partial charge in [0.25, 0.3) is 5.91 Å². The van der Waals surface area contributed by atoms with Crippen LogP contribution < -0.4 is 5.32 Å². The highest BCUT2D eigenvalue weighted by Crippen LogP contribution is 2.21. The maximum Gasteiger partial charge on any atom is 0.251 e. The molecule has 0 atom stereocenters. The number of benzene rings is 3. The van der Waals surface area contributed by atoms with Gasteiger partial charge in [0, 0.05) is 17.7 Å². The Morgan fingerprint density at radius 1 is 1.00 bits per heavy atom. The Hall–Kier alpha value is -3.40. The maximum atomic E-state index is 12.3. The minimum atomic E-state index is -0.0577. The van der Waals surface area contributed by atoms with Gasteiger partial charge in [0.1, 0.15) is 5.82 Å². The Labute approximate surface area is 158 Å². The number of imidazole rings is 1. The number of amides is 1. The van der Waals surface area contributed by atoms with Crippen molar-refractivity contribution in [3.8, 4) is 11.4 Å². The van der Waals surface area contributed by atoms with Crippen molar-refractivity contribution in [3.05, 3.63) is 89.5 Å². The third kappa shape index (κ3) is 3.90. The van der Waals surface area contributed by atoms with Gasteiger partial charge in [0.2, 0.25) is 0 Å². The SMILES string of the molecule is Cc1ccc2nc(-c3ccc(C(=O)NCCc4ccccc4)cc3)[nH]c2c1. The van der Waals surface area contributed by atoms with E-state index in [9.17, 15) is 4.79 Å². The molecular formula is C23H21N3O. The number of aromatic nitrogens is 2. The van der Waals surface area contributed by atoms with Gasteiger partial charge >= 0.3 is 0 Å². The smallest absolute Gasteiger partial charge is 0.251 e. The second-order valence-electron chi connectivity index (χ2n) is 6.67. The molecule has 0 saturated carbocycles. The van der Waals surface area contributed by atoms with Gasteiger partial charge in [-0.2, -0.15) is 0 Å². The zero-order valence-electron chi connectivity index (χ0n) is 15.2. The van der Waals surface area contributed by atoms with Gasteiger partial charge in [-0.1, -0.05) is 48.5 Å². The van der Waals surface area contributed by atoms with E-state index in [4.69, 9.17) is 0 Å². The van der Waals surface area contributed by atoms with E-state index < -0.39 is 0 Å². The lowest BCUT2D eigenvalue weighted by Crippen LogP contribution is -2.25. The summed E-state index contributed by atoms with van der Waals surface area (Å²) in [6.45, 7) is 2.68. The Morgan fingerprint density at radius 3 is 2.56 bits per heavy atom. The van der Waals surface area contributed by atoms with Crippen molar-refractivity contribution in [1.29, 1.82) is 0 Å². The van der Waals surface area contributed by atoms with Crippen LogP contribution in [-0.2, 0) is 6.42 Å². The molecule has 134 valence electrons. The standard InChI is InChI=1S/C23H21N3O/c1-16-7-12-20-21(15-16)26-22(25-20)18-8-10-19(11-9-18)23(27)24-14-13-17-5-3-2-4-6-17/h2-12,15H,13-14H2,1H3,(H,24,27)(H,25,26). The van der Waals surface area contributed by atoms with Crippen molar-refractivity contribution < 1.29 is 4.79 Å². The van der Waals surface area contributed by atoms with Gasteiger partial charge in [-0.25, -0.2) is 4.98 Å². The van der Waals surface area contributed by atoms with Gasteiger partial charge in [-0.3, -0.25) is 4.79 Å². The fourth-order valence-corrected chi connectivity index (χ4v) is 3.11. The lowest BCUT2D eigenvalue weighted by Gasteiger charge is -2.06. The minimum Gasteiger partial charge on any atom is -0.352 e. The van der Waals surface area contributed by atoms with Crippen molar-refractivity contribution in [2.24, 2.45) is 0 Å². The molecule has 3 aromatic carbocycles. The number of H-pyrrole nitrogens is 1. The maximum absolute atomic E-state index is 12.3. The van der Waals surface area contributed by atoms with Crippen LogP contribution in [0.25, 0.3) is 22.4 Å². The molecule has 4 rings (SSSR count). The molecule has 2 N–H and O–H groups in total. The molecule has 0 unspecified atom stereocenters. The Balaban J connectivity index is 1.42. The predicted octanol–water partition coefficient (Wildman–Crippen LogP) is 4.51. The number of nitrogens with one attached hydrogen (secondary N) is 2. The summed E-state index contributed by atoms with van der Waals surface area (Å²) in [5.41, 5.74) is 5.99. The van der Waals surface area contributed by atoms with E-state index in [1.54, 1.807) is 0 Å². The minimum absolute atomic E-state index is 0.0577. The molecule has 1 aromatic heterocycles. The number of hydrogen-bond acceptors (Lipinski definition) is 2. The van der Waals surface area contributed by atoms with Crippen molar-refractivity contribution in [1.82, 2.24) is 15.3 Å². The fourth-order valence-electron chi connectivity index (χ4n) is 3.11. The van der Waals surface area contributed by atoms with E-state index in [0.29, 0.717) is 12.1 Å². The summed E-state index contributed by atoms with van der Waals surface area (Å²) in [5.74, 6) is 0.754. The molecule has 0 aliphatic rings. The van der Waals surface area contributed by atoms with Gasteiger partial charge in [0.05, 0.1) is 11.0 Å². The molecule has 4 heteroatoms. The van der Waals surface area contributed by atoms with E-state index in [0.717, 1.165) is 28.8 Å². The molecule has 0 aliphatic carbocycles. The monoisotopic (exact) mass is 355 g/mol. The third-order valence-corrected chi connectivity index (χ3v) is 4.60. The van der Waals surface area contributed by atoms with Gasteiger partial charge < -0.3 is 10.3 Å². The zero-order chi connectivity index (χ0) is 18.6. The Bertz CT molecular complexity index is 1070. The fraction of sp³-hybridized carbons (Fsp3) is 0.130. The molecule has 27 heavy (non-hydrogen) atoms. The highest BCUT2D eigenvalue weighted by Gasteiger charge is 2.08. The normalized spacial score (nSPS) is 10.9. The number of carbonyl (C=O) groups is 1. The van der Waals surface area contributed by atoms with Crippen LogP contribution in [0, 0.1) is 6.92 Å². The first-order valence-electron chi connectivity index (χ1n) is 9.08. The number of aryl methyl sites for hydroxylation is 1. The van der Waals surface area contributed by atoms with Gasteiger partial charge in [-0.05, 0) is 48.7 Å². The van der Waals surface area contributed by atoms with E-state index in [2.05, 4.69) is 46.5 Å². The summed E-state index contributed by atoms with van der Waals surface area (Å²) in [6.07, 6.45) is 0.822. The molecule has 0 aliphatic heterocycles. The molecular weight excluding hydrogens is 334 g/mol. The molecule has 4 aromatic rings. The average Bonchev–Trinajstić information content (AvgIpc) is 3.12. The number of fused-ring (bicyclic) bond motifs is 1. The number of nitrogens with zero attached hydrogens (tertiary/aromatic N) is 1. The molecule has 0 radical (unpaired) electrons. The van der Waals surface area contributed by atoms with Crippen molar-refractivity contribution in [3.63, 3.8) is 0 Å². The largest absolute Gasteiger partial charge is 0.352 e. The van der Waals surface area contributed by atoms with Crippen LogP contribution in [0.15, 0.2) is 72.8 Å². The number of aromatic amines is 1. The number of rotatable bonds is 5. The highest BCUT2D eigenvalue weighted by molar-refractivity contribution is 5.94. The number of carbonyl (C=O) groups excluding carboxylic acids is 1. The molecule has 1 amide bonds. The van der Waals surface area contributed by atoms with Crippen molar-refractivity contribution in [2.45, 2.75) is 13.3 Å². The van der Waals surface area contributed by atoms with E-state index in [1.165, 1.54) is 11.1 Å². The summed E-state index contributed by atoms with van der Waals surface area (Å²) < 4.78 is 0. The third-order valence-electron chi connectivity index (χ3n) is 4.60. The molecule has 1 heterocycles. The van der Waals surface area contributed by atoms with Crippen LogP contribution >= 0.6 is 0 Å². The van der Waals surface area contributed by atoms with Gasteiger partial charge in [-0.15, -0.1) is 0 Å². The molecule has 0 spiro atoms. The van der Waals surface area contributed by atoms with Crippen molar-refractivity contribution in [2.75, 3.05) is 6.54 Å². The van der Waals surface area contributed by atoms with Crippen LogP contribution in [0.4, 0.5) is 0 Å². The number of hydrogen-bond donors (Lipinski definition) is 2. The van der Waals surface area contributed by atoms with Crippen LogP contribution in [0.1, 0.15) is 21.5 Å². The van der Waals surface area contributed by atoms with Crippen molar-refractivity contribution >= 4 is 16.9 Å². The second-order valence-corrected chi connectivity index (χ2v) is 6.67. The van der Waals surface area contributed by atoms with Crippen LogP contribution in [-0.4, -0.2) is 22.4 Å². The quantitative estimate of drug-likeness (QED) is 0.553. The topological polar surface area (TPSA) is 57.8 Å². The highest BCUT2D eigenvalue weighted by atomic mass is 16.1. The Kier molecular flexibility index (Phi) is 4.71. The predicted molar refractivity (Wildman–Crippen MR) is 109 cm³/mol. The zero-order valence-corrected chi connectivity index (χ0v) is 15.2. The first-order chi connectivity index (χ1) is 13.2. The van der Waals surface area contributed by atoms with E-state index >= 15 is 0 Å². The lowest BCUT2D eigenvalue weighted by atomic mass is 10.1. The summed E-state index contributed by atoms with van der Waals surface area (Å²) in [4.78, 5) is 20.3. The molecule has 0 bridgehead atoms. The molecule has 4 nitrogen and oxygen atoms in total. The second kappa shape index (κ2) is 7.46. The Morgan fingerprint density at radius 2 is 1.78 bits per heavy atom. The van der Waals surface area contributed by atoms with E-state index in [1.807, 2.05) is 48.5 Å². The summed E-state index contributed by atoms with van der Waals surface area (Å²) in [7, 11) is 0.